The van der Waals surface area contributed by atoms with E-state index in [0.717, 1.165) is 31.6 Å². The van der Waals surface area contributed by atoms with Crippen molar-refractivity contribution in [3.8, 4) is 11.8 Å². The average Bonchev–Trinajstić information content (AvgIpc) is 2.96. The second kappa shape index (κ2) is 7.78. The van der Waals surface area contributed by atoms with Crippen molar-refractivity contribution < 1.29 is 14.2 Å². The summed E-state index contributed by atoms with van der Waals surface area (Å²) in [7, 11) is 0. The molecule has 1 aliphatic rings. The van der Waals surface area contributed by atoms with Gasteiger partial charge in [0.15, 0.2) is 0 Å². The van der Waals surface area contributed by atoms with Crippen molar-refractivity contribution in [3.63, 3.8) is 0 Å². The van der Waals surface area contributed by atoms with Crippen LogP contribution in [0.1, 0.15) is 24.8 Å². The molecule has 0 bridgehead atoms. The van der Waals surface area contributed by atoms with E-state index in [9.17, 15) is 0 Å². The molecule has 19 heavy (non-hydrogen) atoms. The molecule has 1 unspecified atom stereocenters. The van der Waals surface area contributed by atoms with Crippen molar-refractivity contribution in [2.75, 3.05) is 26.4 Å². The van der Waals surface area contributed by atoms with Gasteiger partial charge in [0.05, 0.1) is 31.0 Å². The van der Waals surface area contributed by atoms with Gasteiger partial charge >= 0.3 is 0 Å². The van der Waals surface area contributed by atoms with Crippen LogP contribution in [0.4, 0.5) is 0 Å². The molecule has 2 rings (SSSR count). The van der Waals surface area contributed by atoms with Gasteiger partial charge in [0.25, 0.3) is 0 Å². The third-order valence-corrected chi connectivity index (χ3v) is 3.01. The van der Waals surface area contributed by atoms with Crippen LogP contribution in [0, 0.1) is 11.3 Å². The molecule has 102 valence electrons. The molecule has 0 saturated carbocycles. The standard InChI is InChI=1S/C15H19NO3/c16-11-13-4-6-14(7-5-13)18-10-2-8-17-12-15-3-1-9-19-15/h4-7,15H,1-3,8-10,12H2. The lowest BCUT2D eigenvalue weighted by Crippen LogP contribution is -2.15. The van der Waals surface area contributed by atoms with Gasteiger partial charge in [0, 0.05) is 19.6 Å². The highest BCUT2D eigenvalue weighted by Gasteiger charge is 2.14. The summed E-state index contributed by atoms with van der Waals surface area (Å²) in [4.78, 5) is 0. The van der Waals surface area contributed by atoms with Gasteiger partial charge in [-0.3, -0.25) is 0 Å². The van der Waals surface area contributed by atoms with Crippen LogP contribution in [0.25, 0.3) is 0 Å². The SMILES string of the molecule is N#Cc1ccc(OCCCOCC2CCCO2)cc1. The van der Waals surface area contributed by atoms with Crippen LogP contribution in [-0.4, -0.2) is 32.5 Å². The molecule has 1 saturated heterocycles. The number of rotatable bonds is 7. The molecule has 0 radical (unpaired) electrons. The maximum absolute atomic E-state index is 8.67. The summed E-state index contributed by atoms with van der Waals surface area (Å²) in [6, 6.07) is 9.21. The van der Waals surface area contributed by atoms with Crippen molar-refractivity contribution >= 4 is 0 Å². The van der Waals surface area contributed by atoms with Crippen molar-refractivity contribution in [1.29, 1.82) is 5.26 Å². The van der Waals surface area contributed by atoms with Crippen LogP contribution >= 0.6 is 0 Å². The number of nitrogens with zero attached hydrogens (tertiary/aromatic N) is 1. The van der Waals surface area contributed by atoms with Crippen LogP contribution in [0.15, 0.2) is 24.3 Å². The summed E-state index contributed by atoms with van der Waals surface area (Å²) in [5, 5.41) is 8.67. The van der Waals surface area contributed by atoms with Crippen LogP contribution in [0.3, 0.4) is 0 Å². The minimum absolute atomic E-state index is 0.291. The largest absolute Gasteiger partial charge is 0.494 e. The zero-order valence-corrected chi connectivity index (χ0v) is 11.0. The lowest BCUT2D eigenvalue weighted by Gasteiger charge is -2.10. The van der Waals surface area contributed by atoms with Crippen LogP contribution in [0.5, 0.6) is 5.75 Å². The Morgan fingerprint density at radius 3 is 2.79 bits per heavy atom. The molecule has 0 aromatic heterocycles. The van der Waals surface area contributed by atoms with E-state index < -0.39 is 0 Å². The minimum Gasteiger partial charge on any atom is -0.494 e. The van der Waals surface area contributed by atoms with Crippen LogP contribution < -0.4 is 4.74 Å². The summed E-state index contributed by atoms with van der Waals surface area (Å²) in [5.74, 6) is 0.790. The summed E-state index contributed by atoms with van der Waals surface area (Å²) >= 11 is 0. The van der Waals surface area contributed by atoms with E-state index in [4.69, 9.17) is 19.5 Å². The summed E-state index contributed by atoms with van der Waals surface area (Å²) in [6.07, 6.45) is 3.41. The van der Waals surface area contributed by atoms with Gasteiger partial charge in [0.1, 0.15) is 5.75 Å². The molecule has 4 heteroatoms. The Bertz CT molecular complexity index is 404. The molecule has 1 aromatic rings. The predicted molar refractivity (Wildman–Crippen MR) is 71.1 cm³/mol. The molecule has 1 fully saturated rings. The Morgan fingerprint density at radius 2 is 2.11 bits per heavy atom. The summed E-state index contributed by atoms with van der Waals surface area (Å²) in [6.45, 7) is 2.88. The zero-order chi connectivity index (χ0) is 13.3. The number of nitriles is 1. The molecular formula is C15H19NO3. The lowest BCUT2D eigenvalue weighted by atomic mass is 10.2. The maximum atomic E-state index is 8.67. The van der Waals surface area contributed by atoms with Gasteiger partial charge in [-0.2, -0.15) is 5.26 Å². The highest BCUT2D eigenvalue weighted by Crippen LogP contribution is 2.13. The summed E-state index contributed by atoms with van der Waals surface area (Å²) < 4.78 is 16.6. The highest BCUT2D eigenvalue weighted by molar-refractivity contribution is 5.34. The maximum Gasteiger partial charge on any atom is 0.119 e. The van der Waals surface area contributed by atoms with Gasteiger partial charge in [-0.1, -0.05) is 0 Å². The second-order valence-corrected chi connectivity index (χ2v) is 4.55. The van der Waals surface area contributed by atoms with E-state index in [1.54, 1.807) is 12.1 Å². The topological polar surface area (TPSA) is 51.5 Å². The molecule has 1 aliphatic heterocycles. The predicted octanol–water partition coefficient (Wildman–Crippen LogP) is 2.52. The number of hydrogen-bond acceptors (Lipinski definition) is 4. The zero-order valence-electron chi connectivity index (χ0n) is 11.0. The molecule has 0 spiro atoms. The Labute approximate surface area is 113 Å². The first-order valence-electron chi connectivity index (χ1n) is 6.71. The second-order valence-electron chi connectivity index (χ2n) is 4.55. The van der Waals surface area contributed by atoms with Crippen molar-refractivity contribution in [2.24, 2.45) is 0 Å². The van der Waals surface area contributed by atoms with Gasteiger partial charge in [-0.05, 0) is 37.1 Å². The fraction of sp³-hybridized carbons (Fsp3) is 0.533. The first kappa shape index (κ1) is 13.9. The van der Waals surface area contributed by atoms with Crippen LogP contribution in [0.2, 0.25) is 0 Å². The minimum atomic E-state index is 0.291. The van der Waals surface area contributed by atoms with Gasteiger partial charge in [0.2, 0.25) is 0 Å². The van der Waals surface area contributed by atoms with E-state index in [1.807, 2.05) is 12.1 Å². The quantitative estimate of drug-likeness (QED) is 0.708. The normalized spacial score (nSPS) is 18.2. The average molecular weight is 261 g/mol. The fourth-order valence-corrected chi connectivity index (χ4v) is 1.97. The van der Waals surface area contributed by atoms with Crippen LogP contribution in [-0.2, 0) is 9.47 Å². The molecule has 1 heterocycles. The molecule has 0 amide bonds. The monoisotopic (exact) mass is 261 g/mol. The van der Waals surface area contributed by atoms with E-state index >= 15 is 0 Å². The Balaban J connectivity index is 1.52. The number of benzene rings is 1. The van der Waals surface area contributed by atoms with Gasteiger partial charge in [-0.15, -0.1) is 0 Å². The van der Waals surface area contributed by atoms with Crippen molar-refractivity contribution in [2.45, 2.75) is 25.4 Å². The molecule has 0 aliphatic carbocycles. The summed E-state index contributed by atoms with van der Waals surface area (Å²) in [5.41, 5.74) is 0.646. The Kier molecular flexibility index (Phi) is 5.67. The lowest BCUT2D eigenvalue weighted by molar-refractivity contribution is 0.0141. The fourth-order valence-electron chi connectivity index (χ4n) is 1.97. The first-order chi connectivity index (χ1) is 9.38. The number of ether oxygens (including phenoxy) is 3. The first-order valence-corrected chi connectivity index (χ1v) is 6.71. The van der Waals surface area contributed by atoms with E-state index in [1.165, 1.54) is 0 Å². The van der Waals surface area contributed by atoms with E-state index in [-0.39, 0.29) is 0 Å². The smallest absolute Gasteiger partial charge is 0.119 e. The van der Waals surface area contributed by atoms with Crippen molar-refractivity contribution in [1.82, 2.24) is 0 Å². The molecule has 0 N–H and O–H groups in total. The van der Waals surface area contributed by atoms with E-state index in [0.29, 0.717) is 31.5 Å². The van der Waals surface area contributed by atoms with E-state index in [2.05, 4.69) is 6.07 Å². The molecule has 1 atom stereocenters. The molecular weight excluding hydrogens is 242 g/mol. The molecule has 1 aromatic carbocycles. The third-order valence-electron chi connectivity index (χ3n) is 3.01. The molecule has 4 nitrogen and oxygen atoms in total. The number of hydrogen-bond donors (Lipinski definition) is 0. The Morgan fingerprint density at radius 1 is 1.26 bits per heavy atom. The van der Waals surface area contributed by atoms with Gasteiger partial charge < -0.3 is 14.2 Å². The van der Waals surface area contributed by atoms with Crippen molar-refractivity contribution in [3.05, 3.63) is 29.8 Å². The third kappa shape index (κ3) is 4.90. The Hall–Kier alpha value is -1.57. The van der Waals surface area contributed by atoms with Gasteiger partial charge in [-0.25, -0.2) is 0 Å². The highest BCUT2D eigenvalue weighted by atomic mass is 16.5.